The fraction of sp³-hybridized carbons (Fsp3) is 0.250. The van der Waals surface area contributed by atoms with Crippen LogP contribution < -0.4 is 0 Å². The van der Waals surface area contributed by atoms with Gasteiger partial charge in [0.1, 0.15) is 0 Å². The molecule has 0 aromatic rings. The van der Waals surface area contributed by atoms with Crippen LogP contribution in [-0.4, -0.2) is 22.2 Å². The number of hydrogen-bond acceptors (Lipinski definition) is 2. The third-order valence-electron chi connectivity index (χ3n) is 1.50. The third-order valence-corrected chi connectivity index (χ3v) is 2.71. The summed E-state index contributed by atoms with van der Waals surface area (Å²) in [5.74, 6) is -0.165. The molecular weight excluding hydrogens is 288 g/mol. The van der Waals surface area contributed by atoms with Gasteiger partial charge in [-0.1, -0.05) is 31.9 Å². The summed E-state index contributed by atoms with van der Waals surface area (Å²) < 4.78 is 0. The van der Waals surface area contributed by atoms with Crippen molar-refractivity contribution in [3.05, 3.63) is 23.3 Å². The molecule has 0 unspecified atom stereocenters. The number of Topliss-reactive ketones (excluding diaryl/α,β-unsaturated/α-hetero) is 1. The normalized spacial score (nSPS) is 17.5. The Bertz CT molecular complexity index is 263. The van der Waals surface area contributed by atoms with Crippen molar-refractivity contribution in [1.29, 1.82) is 0 Å². The van der Waals surface area contributed by atoms with Crippen molar-refractivity contribution < 1.29 is 9.59 Å². The van der Waals surface area contributed by atoms with E-state index in [1.807, 2.05) is 0 Å². The zero-order valence-corrected chi connectivity index (χ0v) is 9.31. The molecule has 1 rings (SSSR count). The Morgan fingerprint density at radius 1 is 1.00 bits per heavy atom. The smallest absolute Gasteiger partial charge is 0.186 e. The van der Waals surface area contributed by atoms with Gasteiger partial charge in [-0.15, -0.1) is 0 Å². The molecule has 4 heteroatoms. The molecule has 12 heavy (non-hydrogen) atoms. The second kappa shape index (κ2) is 4.14. The molecule has 0 spiro atoms. The number of alkyl halides is 2. The molecule has 0 aliphatic heterocycles. The van der Waals surface area contributed by atoms with Crippen LogP contribution in [0.25, 0.3) is 0 Å². The number of ketones is 2. The quantitative estimate of drug-likeness (QED) is 0.574. The molecule has 0 aromatic carbocycles. The second-order valence-electron chi connectivity index (χ2n) is 2.34. The SMILES string of the molecule is O=C1C=C(CBr)C(=O)C(CBr)=C1. The van der Waals surface area contributed by atoms with Crippen LogP contribution in [-0.2, 0) is 9.59 Å². The number of carbonyl (C=O) groups excluding carboxylic acids is 2. The second-order valence-corrected chi connectivity index (χ2v) is 3.46. The lowest BCUT2D eigenvalue weighted by atomic mass is 9.99. The van der Waals surface area contributed by atoms with Gasteiger partial charge in [-0.05, 0) is 12.2 Å². The zero-order chi connectivity index (χ0) is 9.14. The lowest BCUT2D eigenvalue weighted by Gasteiger charge is -2.08. The Labute approximate surface area is 87.0 Å². The summed E-state index contributed by atoms with van der Waals surface area (Å²) in [7, 11) is 0. The van der Waals surface area contributed by atoms with Gasteiger partial charge in [-0.2, -0.15) is 0 Å². The predicted octanol–water partition coefficient (Wildman–Crippen LogP) is 1.78. The fourth-order valence-corrected chi connectivity index (χ4v) is 1.75. The Balaban J connectivity index is 2.98. The van der Waals surface area contributed by atoms with Crippen molar-refractivity contribution in [2.24, 2.45) is 0 Å². The summed E-state index contributed by atoms with van der Waals surface area (Å²) in [4.78, 5) is 22.4. The van der Waals surface area contributed by atoms with Crippen LogP contribution >= 0.6 is 31.9 Å². The van der Waals surface area contributed by atoms with Gasteiger partial charge in [-0.3, -0.25) is 9.59 Å². The van der Waals surface area contributed by atoms with E-state index in [0.29, 0.717) is 21.8 Å². The number of halogens is 2. The Kier molecular flexibility index (Phi) is 3.40. The van der Waals surface area contributed by atoms with Gasteiger partial charge in [0.25, 0.3) is 0 Å². The van der Waals surface area contributed by atoms with Gasteiger partial charge in [-0.25, -0.2) is 0 Å². The van der Waals surface area contributed by atoms with Gasteiger partial charge in [0.2, 0.25) is 0 Å². The molecule has 0 fully saturated rings. The van der Waals surface area contributed by atoms with Crippen molar-refractivity contribution in [2.75, 3.05) is 10.7 Å². The Hall–Kier alpha value is -0.220. The molecular formula is C8H6Br2O2. The van der Waals surface area contributed by atoms with Crippen LogP contribution in [0.2, 0.25) is 0 Å². The van der Waals surface area contributed by atoms with Crippen molar-refractivity contribution in [2.45, 2.75) is 0 Å². The number of rotatable bonds is 2. The van der Waals surface area contributed by atoms with Gasteiger partial charge in [0.15, 0.2) is 11.6 Å². The third kappa shape index (κ3) is 1.93. The molecule has 0 radical (unpaired) electrons. The van der Waals surface area contributed by atoms with Crippen molar-refractivity contribution in [3.8, 4) is 0 Å². The molecule has 0 heterocycles. The number of hydrogen-bond donors (Lipinski definition) is 0. The molecule has 64 valence electrons. The molecule has 1 aliphatic rings. The largest absolute Gasteiger partial charge is 0.290 e. The van der Waals surface area contributed by atoms with E-state index in [0.717, 1.165) is 0 Å². The first-order chi connectivity index (χ1) is 5.69. The molecule has 0 saturated carbocycles. The molecule has 0 N–H and O–H groups in total. The van der Waals surface area contributed by atoms with E-state index < -0.39 is 0 Å². The van der Waals surface area contributed by atoms with E-state index in [4.69, 9.17) is 0 Å². The predicted molar refractivity (Wildman–Crippen MR) is 53.8 cm³/mol. The van der Waals surface area contributed by atoms with E-state index in [2.05, 4.69) is 31.9 Å². The van der Waals surface area contributed by atoms with Gasteiger partial charge in [0.05, 0.1) is 0 Å². The van der Waals surface area contributed by atoms with Crippen molar-refractivity contribution >= 4 is 43.4 Å². The Morgan fingerprint density at radius 2 is 1.42 bits per heavy atom. The molecule has 1 aliphatic carbocycles. The van der Waals surface area contributed by atoms with Gasteiger partial charge in [0, 0.05) is 21.8 Å². The van der Waals surface area contributed by atoms with Crippen molar-refractivity contribution in [3.63, 3.8) is 0 Å². The molecule has 0 atom stereocenters. The molecule has 2 nitrogen and oxygen atoms in total. The average molecular weight is 294 g/mol. The summed E-state index contributed by atoms with van der Waals surface area (Å²) in [6.45, 7) is 0. The first-order valence-electron chi connectivity index (χ1n) is 3.30. The highest BCUT2D eigenvalue weighted by molar-refractivity contribution is 9.09. The van der Waals surface area contributed by atoms with Gasteiger partial charge < -0.3 is 0 Å². The maximum Gasteiger partial charge on any atom is 0.186 e. The van der Waals surface area contributed by atoms with E-state index >= 15 is 0 Å². The topological polar surface area (TPSA) is 34.1 Å². The molecule has 0 saturated heterocycles. The Morgan fingerprint density at radius 3 is 1.75 bits per heavy atom. The van der Waals surface area contributed by atoms with E-state index in [1.165, 1.54) is 12.2 Å². The summed E-state index contributed by atoms with van der Waals surface area (Å²) >= 11 is 6.30. The maximum absolute atomic E-state index is 11.4. The molecule has 0 aromatic heterocycles. The first kappa shape index (κ1) is 9.86. The summed E-state index contributed by atoms with van der Waals surface area (Å²) in [5, 5.41) is 0.865. The first-order valence-corrected chi connectivity index (χ1v) is 5.55. The van der Waals surface area contributed by atoms with Crippen LogP contribution in [0.4, 0.5) is 0 Å². The minimum absolute atomic E-state index is 0.0525. The number of carbonyl (C=O) groups is 2. The minimum Gasteiger partial charge on any atom is -0.290 e. The highest BCUT2D eigenvalue weighted by atomic mass is 79.9. The lowest BCUT2D eigenvalue weighted by molar-refractivity contribution is -0.115. The standard InChI is InChI=1S/C8H6Br2O2/c9-3-5-1-7(11)2-6(4-10)8(5)12/h1-2H,3-4H2. The molecule has 0 bridgehead atoms. The van der Waals surface area contributed by atoms with E-state index in [1.54, 1.807) is 0 Å². The van der Waals surface area contributed by atoms with Crippen LogP contribution in [0.1, 0.15) is 0 Å². The highest BCUT2D eigenvalue weighted by Gasteiger charge is 2.19. The summed E-state index contributed by atoms with van der Waals surface area (Å²) in [6.07, 6.45) is 2.73. The van der Waals surface area contributed by atoms with Crippen LogP contribution in [0.3, 0.4) is 0 Å². The maximum atomic E-state index is 11.4. The van der Waals surface area contributed by atoms with Crippen LogP contribution in [0.5, 0.6) is 0 Å². The van der Waals surface area contributed by atoms with Gasteiger partial charge >= 0.3 is 0 Å². The van der Waals surface area contributed by atoms with Crippen LogP contribution in [0.15, 0.2) is 23.3 Å². The minimum atomic E-state index is -0.112. The van der Waals surface area contributed by atoms with Crippen molar-refractivity contribution in [1.82, 2.24) is 0 Å². The van der Waals surface area contributed by atoms with E-state index in [9.17, 15) is 9.59 Å². The summed E-state index contributed by atoms with van der Waals surface area (Å²) in [5.41, 5.74) is 1.05. The number of allylic oxidation sites excluding steroid dienone is 4. The fourth-order valence-electron chi connectivity index (χ4n) is 0.921. The van der Waals surface area contributed by atoms with E-state index in [-0.39, 0.29) is 11.6 Å². The monoisotopic (exact) mass is 292 g/mol. The average Bonchev–Trinajstić information content (AvgIpc) is 2.08. The lowest BCUT2D eigenvalue weighted by Crippen LogP contribution is -2.15. The summed E-state index contributed by atoms with van der Waals surface area (Å²) in [6, 6.07) is 0. The highest BCUT2D eigenvalue weighted by Crippen LogP contribution is 2.16. The molecule has 0 amide bonds. The van der Waals surface area contributed by atoms with Crippen LogP contribution in [0, 0.1) is 0 Å². The zero-order valence-electron chi connectivity index (χ0n) is 6.14.